The van der Waals surface area contributed by atoms with Crippen LogP contribution in [0.3, 0.4) is 0 Å². The lowest BCUT2D eigenvalue weighted by Crippen LogP contribution is -2.37. The Balaban J connectivity index is 1.80. The molecule has 3 amide bonds. The molecule has 26 heavy (non-hydrogen) atoms. The molecule has 0 atom stereocenters. The molecule has 1 aromatic rings. The van der Waals surface area contributed by atoms with Crippen LogP contribution in [0.1, 0.15) is 27.6 Å². The number of methoxy groups -OCH3 is 1. The Hall–Kier alpha value is -2.78. The molecule has 2 rings (SSSR count). The average Bonchev–Trinajstić information content (AvgIpc) is 2.87. The van der Waals surface area contributed by atoms with Crippen molar-refractivity contribution in [2.75, 3.05) is 40.0 Å². The predicted octanol–water partition coefficient (Wildman–Crippen LogP) is 0.252. The van der Waals surface area contributed by atoms with Crippen LogP contribution >= 0.6 is 0 Å². The second kappa shape index (κ2) is 9.07. The standard InChI is InChI=1S/C17H20N2O7/c1-3-18(8-9-24-2)14(20)10-25-11-15(21)26-19-16(22)12-6-4-5-7-13(12)17(19)23/h4-7H,3,8-11H2,1-2H3. The molecule has 9 heteroatoms. The first-order valence-electron chi connectivity index (χ1n) is 8.02. The second-order valence-electron chi connectivity index (χ2n) is 5.37. The number of benzene rings is 1. The van der Waals surface area contributed by atoms with Crippen molar-refractivity contribution in [2.24, 2.45) is 0 Å². The smallest absolute Gasteiger partial charge is 0.358 e. The van der Waals surface area contributed by atoms with Gasteiger partial charge in [-0.1, -0.05) is 17.2 Å². The van der Waals surface area contributed by atoms with Gasteiger partial charge in [-0.2, -0.15) is 0 Å². The van der Waals surface area contributed by atoms with Gasteiger partial charge in [0.25, 0.3) is 11.8 Å². The normalized spacial score (nSPS) is 12.9. The molecule has 0 unspecified atom stereocenters. The molecule has 0 saturated heterocycles. The molecular weight excluding hydrogens is 344 g/mol. The van der Waals surface area contributed by atoms with E-state index in [1.165, 1.54) is 24.1 Å². The summed E-state index contributed by atoms with van der Waals surface area (Å²) < 4.78 is 9.93. The van der Waals surface area contributed by atoms with Crippen LogP contribution in [-0.4, -0.2) is 73.7 Å². The van der Waals surface area contributed by atoms with E-state index in [0.717, 1.165) is 0 Å². The Labute approximate surface area is 150 Å². The number of rotatable bonds is 9. The van der Waals surface area contributed by atoms with Crippen molar-refractivity contribution in [3.05, 3.63) is 35.4 Å². The molecule has 0 bridgehead atoms. The van der Waals surface area contributed by atoms with Crippen LogP contribution in [0.5, 0.6) is 0 Å². The van der Waals surface area contributed by atoms with E-state index in [2.05, 4.69) is 0 Å². The van der Waals surface area contributed by atoms with Crippen LogP contribution in [0.25, 0.3) is 0 Å². The highest BCUT2D eigenvalue weighted by molar-refractivity contribution is 6.20. The highest BCUT2D eigenvalue weighted by Crippen LogP contribution is 2.22. The summed E-state index contributed by atoms with van der Waals surface area (Å²) in [5, 5.41) is 0.398. The van der Waals surface area contributed by atoms with Gasteiger partial charge in [-0.05, 0) is 19.1 Å². The van der Waals surface area contributed by atoms with Gasteiger partial charge >= 0.3 is 5.97 Å². The third kappa shape index (κ3) is 4.44. The number of ether oxygens (including phenoxy) is 2. The summed E-state index contributed by atoms with van der Waals surface area (Å²) in [6, 6.07) is 6.15. The molecule has 0 fully saturated rings. The maximum absolute atomic E-state index is 12.1. The van der Waals surface area contributed by atoms with Gasteiger partial charge in [-0.3, -0.25) is 14.4 Å². The van der Waals surface area contributed by atoms with Crippen molar-refractivity contribution in [3.8, 4) is 0 Å². The maximum atomic E-state index is 12.1. The Bertz CT molecular complexity index is 669. The lowest BCUT2D eigenvalue weighted by molar-refractivity contribution is -0.174. The van der Waals surface area contributed by atoms with Crippen molar-refractivity contribution in [1.82, 2.24) is 9.96 Å². The predicted molar refractivity (Wildman–Crippen MR) is 88.0 cm³/mol. The highest BCUT2D eigenvalue weighted by Gasteiger charge is 2.38. The summed E-state index contributed by atoms with van der Waals surface area (Å²) in [5.74, 6) is -2.69. The SMILES string of the molecule is CCN(CCOC)C(=O)COCC(=O)ON1C(=O)c2ccccc2C1=O. The van der Waals surface area contributed by atoms with E-state index >= 15 is 0 Å². The molecule has 0 saturated carbocycles. The monoisotopic (exact) mass is 364 g/mol. The van der Waals surface area contributed by atoms with E-state index in [1.807, 2.05) is 6.92 Å². The fraction of sp³-hybridized carbons (Fsp3) is 0.412. The Morgan fingerprint density at radius 1 is 1.08 bits per heavy atom. The van der Waals surface area contributed by atoms with Gasteiger partial charge < -0.3 is 19.2 Å². The number of hydroxylamine groups is 2. The zero-order valence-electron chi connectivity index (χ0n) is 14.6. The molecule has 0 radical (unpaired) electrons. The summed E-state index contributed by atoms with van der Waals surface area (Å²) in [7, 11) is 1.53. The summed E-state index contributed by atoms with van der Waals surface area (Å²) in [6.07, 6.45) is 0. The summed E-state index contributed by atoms with van der Waals surface area (Å²) in [5.41, 5.74) is 0.330. The average molecular weight is 364 g/mol. The van der Waals surface area contributed by atoms with Crippen LogP contribution in [0, 0.1) is 0 Å². The zero-order valence-corrected chi connectivity index (χ0v) is 14.6. The number of amides is 3. The lowest BCUT2D eigenvalue weighted by atomic mass is 10.1. The van der Waals surface area contributed by atoms with Crippen LogP contribution in [0.15, 0.2) is 24.3 Å². The van der Waals surface area contributed by atoms with Gasteiger partial charge in [0.1, 0.15) is 13.2 Å². The number of nitrogens with zero attached hydrogens (tertiary/aromatic N) is 2. The number of imide groups is 1. The van der Waals surface area contributed by atoms with Crippen LogP contribution < -0.4 is 0 Å². The first-order valence-corrected chi connectivity index (χ1v) is 8.02. The van der Waals surface area contributed by atoms with Gasteiger partial charge in [-0.25, -0.2) is 4.79 Å². The van der Waals surface area contributed by atoms with Crippen molar-refractivity contribution in [1.29, 1.82) is 0 Å². The number of carbonyl (C=O) groups excluding carboxylic acids is 4. The number of fused-ring (bicyclic) bond motifs is 1. The third-order valence-electron chi connectivity index (χ3n) is 3.70. The molecule has 140 valence electrons. The maximum Gasteiger partial charge on any atom is 0.358 e. The highest BCUT2D eigenvalue weighted by atomic mass is 16.7. The number of hydrogen-bond acceptors (Lipinski definition) is 7. The topological polar surface area (TPSA) is 102 Å². The fourth-order valence-corrected chi connectivity index (χ4v) is 2.35. The van der Waals surface area contributed by atoms with Gasteiger partial charge in [0.2, 0.25) is 5.91 Å². The minimum atomic E-state index is -0.952. The van der Waals surface area contributed by atoms with Crippen LogP contribution in [0.2, 0.25) is 0 Å². The van der Waals surface area contributed by atoms with Crippen molar-refractivity contribution < 1.29 is 33.5 Å². The van der Waals surface area contributed by atoms with E-state index < -0.39 is 24.4 Å². The molecule has 1 heterocycles. The lowest BCUT2D eigenvalue weighted by Gasteiger charge is -2.20. The van der Waals surface area contributed by atoms with Gasteiger partial charge in [-0.15, -0.1) is 0 Å². The van der Waals surface area contributed by atoms with Crippen LogP contribution in [-0.2, 0) is 23.9 Å². The van der Waals surface area contributed by atoms with Crippen LogP contribution in [0.4, 0.5) is 0 Å². The molecule has 1 aliphatic heterocycles. The Kier molecular flexibility index (Phi) is 6.81. The number of hydrogen-bond donors (Lipinski definition) is 0. The molecule has 0 aliphatic carbocycles. The molecule has 0 N–H and O–H groups in total. The summed E-state index contributed by atoms with van der Waals surface area (Å²) in [6.45, 7) is 2.20. The minimum Gasteiger partial charge on any atom is -0.383 e. The first-order chi connectivity index (χ1) is 12.5. The molecule has 9 nitrogen and oxygen atoms in total. The van der Waals surface area contributed by atoms with E-state index in [1.54, 1.807) is 12.1 Å². The molecule has 1 aromatic carbocycles. The van der Waals surface area contributed by atoms with Crippen molar-refractivity contribution in [3.63, 3.8) is 0 Å². The summed E-state index contributed by atoms with van der Waals surface area (Å²) >= 11 is 0. The molecule has 1 aliphatic rings. The molecule has 0 spiro atoms. The van der Waals surface area contributed by atoms with Crippen molar-refractivity contribution >= 4 is 23.7 Å². The largest absolute Gasteiger partial charge is 0.383 e. The first kappa shape index (κ1) is 19.5. The fourth-order valence-electron chi connectivity index (χ4n) is 2.35. The van der Waals surface area contributed by atoms with E-state index in [0.29, 0.717) is 24.8 Å². The Morgan fingerprint density at radius 2 is 1.69 bits per heavy atom. The number of likely N-dealkylation sites (N-methyl/N-ethyl adjacent to an activating group) is 1. The third-order valence-corrected chi connectivity index (χ3v) is 3.70. The van der Waals surface area contributed by atoms with E-state index in [9.17, 15) is 19.2 Å². The van der Waals surface area contributed by atoms with Gasteiger partial charge in [0.05, 0.1) is 17.7 Å². The second-order valence-corrected chi connectivity index (χ2v) is 5.37. The van der Waals surface area contributed by atoms with E-state index in [-0.39, 0.29) is 23.6 Å². The van der Waals surface area contributed by atoms with Gasteiger partial charge in [0, 0.05) is 20.2 Å². The Morgan fingerprint density at radius 3 is 2.23 bits per heavy atom. The van der Waals surface area contributed by atoms with E-state index in [4.69, 9.17) is 14.3 Å². The van der Waals surface area contributed by atoms with Crippen molar-refractivity contribution in [2.45, 2.75) is 6.92 Å². The van der Waals surface area contributed by atoms with Gasteiger partial charge in [0.15, 0.2) is 0 Å². The molecule has 0 aromatic heterocycles. The summed E-state index contributed by atoms with van der Waals surface area (Å²) in [4.78, 5) is 54.2. The number of carbonyl (C=O) groups is 4. The minimum absolute atomic E-state index is 0.165. The zero-order chi connectivity index (χ0) is 19.1. The quantitative estimate of drug-likeness (QED) is 0.579. The molecular formula is C17H20N2O7.